The van der Waals surface area contributed by atoms with Crippen LogP contribution < -0.4 is 3.58 Å². The Labute approximate surface area is 166 Å². The van der Waals surface area contributed by atoms with Gasteiger partial charge in [0.25, 0.3) is 0 Å². The summed E-state index contributed by atoms with van der Waals surface area (Å²) in [6.07, 6.45) is 3.98. The summed E-state index contributed by atoms with van der Waals surface area (Å²) < 4.78 is 14.0. The van der Waals surface area contributed by atoms with E-state index in [-0.39, 0.29) is 0 Å². The van der Waals surface area contributed by atoms with Crippen molar-refractivity contribution < 1.29 is 9.47 Å². The van der Waals surface area contributed by atoms with E-state index in [0.717, 1.165) is 19.8 Å². The third-order valence-corrected chi connectivity index (χ3v) is 13.2. The van der Waals surface area contributed by atoms with Crippen molar-refractivity contribution in [2.45, 2.75) is 86.3 Å². The summed E-state index contributed by atoms with van der Waals surface area (Å²) in [4.78, 5) is 7.57. The third-order valence-electron chi connectivity index (χ3n) is 5.65. The normalized spacial score (nSPS) is 19.0. The molecule has 1 saturated heterocycles. The van der Waals surface area contributed by atoms with Crippen molar-refractivity contribution in [1.82, 2.24) is 0 Å². The fourth-order valence-corrected chi connectivity index (χ4v) is 9.49. The molecular weight excluding hydrogens is 443 g/mol. The molecule has 0 spiro atoms. The molecule has 0 saturated carbocycles. The van der Waals surface area contributed by atoms with Crippen LogP contribution in [0.15, 0.2) is 6.07 Å². The molecule has 0 aliphatic carbocycles. The quantitative estimate of drug-likeness (QED) is 0.353. The van der Waals surface area contributed by atoms with E-state index in [9.17, 15) is 0 Å². The first-order chi connectivity index (χ1) is 12.0. The molecular formula is C22H40O2SiSn. The second-order valence-corrected chi connectivity index (χ2v) is 30.2. The van der Waals surface area contributed by atoms with E-state index in [2.05, 4.69) is 54.4 Å². The molecule has 4 heteroatoms. The van der Waals surface area contributed by atoms with E-state index in [1.807, 2.05) is 0 Å². The van der Waals surface area contributed by atoms with Crippen molar-refractivity contribution in [1.29, 1.82) is 0 Å². The van der Waals surface area contributed by atoms with E-state index < -0.39 is 26.5 Å². The molecule has 0 amide bonds. The molecule has 0 aromatic heterocycles. The van der Waals surface area contributed by atoms with Gasteiger partial charge in [-0.2, -0.15) is 0 Å². The summed E-state index contributed by atoms with van der Waals surface area (Å²) in [5.41, 5.74) is 5.82. The monoisotopic (exact) mass is 484 g/mol. The zero-order valence-corrected chi connectivity index (χ0v) is 22.3. The molecule has 0 N–H and O–H groups in total. The van der Waals surface area contributed by atoms with Crippen LogP contribution in [0.5, 0.6) is 0 Å². The third kappa shape index (κ3) is 6.08. The van der Waals surface area contributed by atoms with Gasteiger partial charge in [-0.05, 0) is 0 Å². The van der Waals surface area contributed by atoms with Crippen LogP contribution in [-0.4, -0.2) is 39.7 Å². The van der Waals surface area contributed by atoms with Crippen LogP contribution in [0.2, 0.25) is 40.5 Å². The Morgan fingerprint density at radius 2 is 1.81 bits per heavy atom. The van der Waals surface area contributed by atoms with Gasteiger partial charge in [-0.15, -0.1) is 0 Å². The Bertz CT molecular complexity index is 608. The van der Waals surface area contributed by atoms with Gasteiger partial charge in [-0.25, -0.2) is 0 Å². The van der Waals surface area contributed by atoms with E-state index in [1.54, 1.807) is 3.58 Å². The standard InChI is InChI=1S/C19H31O2Si.3CH3.Sn/c1-15-16(2)18(19-8-6-7-11-21-19)10-9-17(15)14-20-12-13-22(3,4)5;;;;/h10,19H,6-8,11-14H2,1-5H3;3*1H3;. The van der Waals surface area contributed by atoms with Gasteiger partial charge in [0.1, 0.15) is 0 Å². The zero-order valence-electron chi connectivity index (χ0n) is 18.4. The van der Waals surface area contributed by atoms with Crippen molar-refractivity contribution in [3.05, 3.63) is 28.3 Å². The van der Waals surface area contributed by atoms with Crippen LogP contribution in [-0.2, 0) is 16.1 Å². The second kappa shape index (κ2) is 9.10. The number of rotatable bonds is 7. The van der Waals surface area contributed by atoms with Gasteiger partial charge in [-0.3, -0.25) is 0 Å². The molecule has 1 aliphatic heterocycles. The molecule has 0 radical (unpaired) electrons. The zero-order chi connectivity index (χ0) is 19.5. The SMILES string of the molecule is Cc1c(C2CCCCO2)c[c]([Sn]([CH3])([CH3])[CH3])c(COCC[Si](C)(C)C)c1C. The van der Waals surface area contributed by atoms with Crippen molar-refractivity contribution in [3.8, 4) is 0 Å². The van der Waals surface area contributed by atoms with Gasteiger partial charge in [0.2, 0.25) is 0 Å². The number of hydrogen-bond acceptors (Lipinski definition) is 2. The molecule has 26 heavy (non-hydrogen) atoms. The Morgan fingerprint density at radius 1 is 1.12 bits per heavy atom. The molecule has 2 nitrogen and oxygen atoms in total. The summed E-state index contributed by atoms with van der Waals surface area (Å²) in [6.45, 7) is 14.5. The summed E-state index contributed by atoms with van der Waals surface area (Å²) in [6, 6.07) is 3.76. The maximum absolute atomic E-state index is 6.19. The minimum atomic E-state index is -2.25. The Morgan fingerprint density at radius 3 is 2.35 bits per heavy atom. The van der Waals surface area contributed by atoms with Crippen LogP contribution in [0.3, 0.4) is 0 Å². The molecule has 148 valence electrons. The van der Waals surface area contributed by atoms with Crippen LogP contribution in [0.25, 0.3) is 0 Å². The van der Waals surface area contributed by atoms with Crippen LogP contribution >= 0.6 is 0 Å². The van der Waals surface area contributed by atoms with Gasteiger partial charge < -0.3 is 0 Å². The van der Waals surface area contributed by atoms with Gasteiger partial charge in [0, 0.05) is 0 Å². The van der Waals surface area contributed by atoms with E-state index in [0.29, 0.717) is 6.10 Å². The molecule has 1 fully saturated rings. The Hall–Kier alpha value is 0.156. The molecule has 1 aliphatic rings. The fourth-order valence-electron chi connectivity index (χ4n) is 3.72. The summed E-state index contributed by atoms with van der Waals surface area (Å²) in [5, 5.41) is 0. The molecule has 1 heterocycles. The average Bonchev–Trinajstić information content (AvgIpc) is 2.54. The molecule has 0 bridgehead atoms. The van der Waals surface area contributed by atoms with E-state index in [1.165, 1.54) is 47.6 Å². The summed E-state index contributed by atoms with van der Waals surface area (Å²) in [5.74, 6) is 0. The molecule has 1 aromatic carbocycles. The average molecular weight is 483 g/mol. The molecule has 1 aromatic rings. The number of ether oxygens (including phenoxy) is 2. The van der Waals surface area contributed by atoms with Gasteiger partial charge in [0.15, 0.2) is 0 Å². The topological polar surface area (TPSA) is 18.5 Å². The minimum absolute atomic E-state index is 0.302. The summed E-state index contributed by atoms with van der Waals surface area (Å²) in [7, 11) is -1.03. The maximum atomic E-state index is 6.19. The van der Waals surface area contributed by atoms with Crippen molar-refractivity contribution >= 4 is 30.0 Å². The van der Waals surface area contributed by atoms with Gasteiger partial charge >= 0.3 is 167 Å². The van der Waals surface area contributed by atoms with E-state index >= 15 is 0 Å². The second-order valence-electron chi connectivity index (χ2n) is 10.2. The van der Waals surface area contributed by atoms with Crippen molar-refractivity contribution in [3.63, 3.8) is 0 Å². The van der Waals surface area contributed by atoms with Crippen LogP contribution in [0.4, 0.5) is 0 Å². The van der Waals surface area contributed by atoms with Gasteiger partial charge in [-0.1, -0.05) is 0 Å². The van der Waals surface area contributed by atoms with Crippen LogP contribution in [0.1, 0.15) is 47.6 Å². The predicted octanol–water partition coefficient (Wildman–Crippen LogP) is 5.95. The first-order valence-electron chi connectivity index (χ1n) is 10.3. The van der Waals surface area contributed by atoms with Crippen LogP contribution in [0, 0.1) is 13.8 Å². The molecule has 1 unspecified atom stereocenters. The molecule has 2 rings (SSSR count). The van der Waals surface area contributed by atoms with E-state index in [4.69, 9.17) is 9.47 Å². The molecule has 1 atom stereocenters. The first kappa shape index (κ1) is 22.4. The predicted molar refractivity (Wildman–Crippen MR) is 119 cm³/mol. The first-order valence-corrected chi connectivity index (χ1v) is 24.0. The fraction of sp³-hybridized carbons (Fsp3) is 0.727. The number of benzene rings is 1. The van der Waals surface area contributed by atoms with Gasteiger partial charge in [0.05, 0.1) is 0 Å². The Balaban J connectivity index is 2.30. The van der Waals surface area contributed by atoms with Crippen molar-refractivity contribution in [2.24, 2.45) is 0 Å². The Kier molecular flexibility index (Phi) is 7.86. The summed E-state index contributed by atoms with van der Waals surface area (Å²) >= 11 is -2.25. The van der Waals surface area contributed by atoms with Crippen molar-refractivity contribution in [2.75, 3.05) is 13.2 Å². The number of hydrogen-bond donors (Lipinski definition) is 0.